The van der Waals surface area contributed by atoms with Gasteiger partial charge in [-0.15, -0.1) is 0 Å². The molecule has 0 saturated carbocycles. The number of aromatic nitrogens is 3. The number of rotatable bonds is 7. The monoisotopic (exact) mass is 386 g/mol. The van der Waals surface area contributed by atoms with Gasteiger partial charge in [-0.1, -0.05) is 29.3 Å². The number of carbonyl (C=O) groups excluding carboxylic acids is 1. The molecule has 0 radical (unpaired) electrons. The van der Waals surface area contributed by atoms with Gasteiger partial charge in [0.05, 0.1) is 21.7 Å². The van der Waals surface area contributed by atoms with Crippen molar-refractivity contribution in [3.63, 3.8) is 0 Å². The van der Waals surface area contributed by atoms with Gasteiger partial charge >= 0.3 is 0 Å². The number of anilines is 1. The van der Waals surface area contributed by atoms with E-state index in [0.29, 0.717) is 21.9 Å². The lowest BCUT2D eigenvalue weighted by atomic mass is 10.1. The minimum Gasteiger partial charge on any atom is -0.385 e. The van der Waals surface area contributed by atoms with Gasteiger partial charge in [0, 0.05) is 32.1 Å². The number of ether oxygens (including phenoxy) is 1. The lowest BCUT2D eigenvalue weighted by Gasteiger charge is -2.08. The number of aryl methyl sites for hydroxylation is 3. The van der Waals surface area contributed by atoms with Crippen LogP contribution in [0.5, 0.6) is 0 Å². The van der Waals surface area contributed by atoms with Gasteiger partial charge < -0.3 is 10.1 Å². The number of benzene rings is 1. The van der Waals surface area contributed by atoms with Crippen LogP contribution in [0.15, 0.2) is 30.5 Å². The number of nitrogens with zero attached hydrogens (tertiary/aromatic N) is 3. The zero-order valence-electron chi connectivity index (χ0n) is 15.8. The van der Waals surface area contributed by atoms with E-state index in [9.17, 15) is 4.79 Å². The molecule has 0 atom stereocenters. The van der Waals surface area contributed by atoms with Gasteiger partial charge in [-0.25, -0.2) is 9.67 Å². The zero-order valence-corrected chi connectivity index (χ0v) is 16.5. The Labute approximate surface area is 163 Å². The Balaban J connectivity index is 1.85. The second-order valence-electron chi connectivity index (χ2n) is 6.51. The topological polar surface area (TPSA) is 69.0 Å². The molecule has 6 nitrogen and oxygen atoms in total. The summed E-state index contributed by atoms with van der Waals surface area (Å²) in [7, 11) is 1.69. The first-order valence-electron chi connectivity index (χ1n) is 8.90. The number of unbranched alkanes of at least 4 members (excludes halogenated alkanes) is 1. The number of fused-ring (bicyclic) bond motifs is 1. The molecule has 7 heteroatoms. The van der Waals surface area contributed by atoms with Crippen LogP contribution < -0.4 is 5.32 Å². The van der Waals surface area contributed by atoms with Crippen LogP contribution in [-0.2, 0) is 11.3 Å². The average Bonchev–Trinajstić information content (AvgIpc) is 2.97. The van der Waals surface area contributed by atoms with E-state index in [-0.39, 0.29) is 5.91 Å². The number of methoxy groups -OCH3 is 1. The molecular weight excluding hydrogens is 364 g/mol. The molecule has 1 aromatic carbocycles. The van der Waals surface area contributed by atoms with E-state index >= 15 is 0 Å². The molecule has 0 fully saturated rings. The van der Waals surface area contributed by atoms with E-state index in [1.54, 1.807) is 7.11 Å². The van der Waals surface area contributed by atoms with E-state index in [1.165, 1.54) is 6.20 Å². The van der Waals surface area contributed by atoms with Crippen LogP contribution in [0.1, 0.15) is 34.5 Å². The molecule has 0 bridgehead atoms. The Hall–Kier alpha value is -2.44. The highest BCUT2D eigenvalue weighted by molar-refractivity contribution is 6.39. The normalized spacial score (nSPS) is 11.1. The van der Waals surface area contributed by atoms with Crippen molar-refractivity contribution in [3.8, 4) is 0 Å². The van der Waals surface area contributed by atoms with Gasteiger partial charge in [-0.05, 0) is 38.8 Å². The third-order valence-corrected chi connectivity index (χ3v) is 4.79. The predicted octanol–water partition coefficient (Wildman–Crippen LogP) is 4.38. The van der Waals surface area contributed by atoms with Crippen molar-refractivity contribution in [2.45, 2.75) is 33.2 Å². The summed E-state index contributed by atoms with van der Waals surface area (Å²) in [5.41, 5.74) is 3.64. The van der Waals surface area contributed by atoms with Gasteiger partial charge in [0.15, 0.2) is 5.65 Å². The molecule has 0 aliphatic heterocycles. The van der Waals surface area contributed by atoms with Crippen LogP contribution >= 0.6 is 11.6 Å². The Kier molecular flexibility index (Phi) is 6.08. The molecule has 3 aromatic rings. The van der Waals surface area contributed by atoms with Crippen LogP contribution in [0.3, 0.4) is 0 Å². The number of nitrogens with one attached hydrogen (secondary N) is 1. The first kappa shape index (κ1) is 19.3. The molecule has 0 saturated heterocycles. The maximum Gasteiger partial charge on any atom is 0.258 e. The minimum absolute atomic E-state index is 0.287. The van der Waals surface area contributed by atoms with Crippen LogP contribution in [0.2, 0.25) is 5.02 Å². The third kappa shape index (κ3) is 4.28. The van der Waals surface area contributed by atoms with Gasteiger partial charge in [-0.2, -0.15) is 5.10 Å². The number of carbonyl (C=O) groups is 1. The average molecular weight is 387 g/mol. The summed E-state index contributed by atoms with van der Waals surface area (Å²) in [6, 6.07) is 7.60. The second kappa shape index (κ2) is 8.50. The fourth-order valence-corrected chi connectivity index (χ4v) is 3.29. The van der Waals surface area contributed by atoms with Gasteiger partial charge in [-0.3, -0.25) is 4.79 Å². The van der Waals surface area contributed by atoms with Crippen molar-refractivity contribution in [1.82, 2.24) is 14.8 Å². The van der Waals surface area contributed by atoms with Crippen molar-refractivity contribution in [2.75, 3.05) is 19.0 Å². The van der Waals surface area contributed by atoms with Gasteiger partial charge in [0.1, 0.15) is 0 Å². The molecule has 0 aliphatic rings. The molecule has 3 rings (SSSR count). The van der Waals surface area contributed by atoms with E-state index in [2.05, 4.69) is 15.4 Å². The maximum atomic E-state index is 12.6. The molecule has 27 heavy (non-hydrogen) atoms. The Morgan fingerprint density at radius 1 is 1.22 bits per heavy atom. The maximum absolute atomic E-state index is 12.6. The molecule has 142 valence electrons. The standard InChI is InChI=1S/C20H23ClN4O2/c1-13-6-8-15(9-7-13)23-20(26)16-12-22-19-17(18(16)21)14(2)24-25(19)10-4-5-11-27-3/h6-9,12H,4-5,10-11H2,1-3H3,(H,23,26). The smallest absolute Gasteiger partial charge is 0.258 e. The zero-order chi connectivity index (χ0) is 19.4. The summed E-state index contributed by atoms with van der Waals surface area (Å²) in [5.74, 6) is -0.287. The number of halogens is 1. The highest BCUT2D eigenvalue weighted by Crippen LogP contribution is 2.29. The molecule has 2 heterocycles. The Morgan fingerprint density at radius 3 is 2.67 bits per heavy atom. The van der Waals surface area contributed by atoms with Crippen LogP contribution in [0.25, 0.3) is 11.0 Å². The lowest BCUT2D eigenvalue weighted by Crippen LogP contribution is -2.13. The van der Waals surface area contributed by atoms with E-state index in [1.807, 2.05) is 42.8 Å². The number of amides is 1. The fraction of sp³-hybridized carbons (Fsp3) is 0.350. The SMILES string of the molecule is COCCCCn1nc(C)c2c(Cl)c(C(=O)Nc3ccc(C)cc3)cnc21. The first-order chi connectivity index (χ1) is 13.0. The van der Waals surface area contributed by atoms with Crippen LogP contribution in [-0.4, -0.2) is 34.4 Å². The van der Waals surface area contributed by atoms with Crippen LogP contribution in [0, 0.1) is 13.8 Å². The quantitative estimate of drug-likeness (QED) is 0.612. The van der Waals surface area contributed by atoms with Crippen molar-refractivity contribution < 1.29 is 9.53 Å². The van der Waals surface area contributed by atoms with Crippen molar-refractivity contribution in [2.24, 2.45) is 0 Å². The summed E-state index contributed by atoms with van der Waals surface area (Å²) in [5, 5.41) is 8.50. The largest absolute Gasteiger partial charge is 0.385 e. The summed E-state index contributed by atoms with van der Waals surface area (Å²) in [4.78, 5) is 17.1. The van der Waals surface area contributed by atoms with Gasteiger partial charge in [0.2, 0.25) is 0 Å². The molecule has 0 spiro atoms. The summed E-state index contributed by atoms with van der Waals surface area (Å²) >= 11 is 6.56. The second-order valence-corrected chi connectivity index (χ2v) is 6.89. The summed E-state index contributed by atoms with van der Waals surface area (Å²) in [6.45, 7) is 5.32. The van der Waals surface area contributed by atoms with E-state index in [4.69, 9.17) is 16.3 Å². The molecule has 0 aliphatic carbocycles. The van der Waals surface area contributed by atoms with Gasteiger partial charge in [0.25, 0.3) is 5.91 Å². The number of hydrogen-bond acceptors (Lipinski definition) is 4. The Bertz CT molecular complexity index is 951. The van der Waals surface area contributed by atoms with E-state index < -0.39 is 0 Å². The summed E-state index contributed by atoms with van der Waals surface area (Å²) < 4.78 is 6.92. The highest BCUT2D eigenvalue weighted by atomic mass is 35.5. The predicted molar refractivity (Wildman–Crippen MR) is 108 cm³/mol. The van der Waals surface area contributed by atoms with Crippen LogP contribution in [0.4, 0.5) is 5.69 Å². The fourth-order valence-electron chi connectivity index (χ4n) is 2.93. The molecule has 1 N–H and O–H groups in total. The summed E-state index contributed by atoms with van der Waals surface area (Å²) in [6.07, 6.45) is 3.39. The number of pyridine rings is 1. The lowest BCUT2D eigenvalue weighted by molar-refractivity contribution is 0.102. The first-order valence-corrected chi connectivity index (χ1v) is 9.27. The van der Waals surface area contributed by atoms with Crippen molar-refractivity contribution in [1.29, 1.82) is 0 Å². The van der Waals surface area contributed by atoms with Crippen molar-refractivity contribution in [3.05, 3.63) is 52.3 Å². The highest BCUT2D eigenvalue weighted by Gasteiger charge is 2.19. The molecule has 2 aromatic heterocycles. The molecular formula is C20H23ClN4O2. The van der Waals surface area contributed by atoms with Crippen molar-refractivity contribution >= 4 is 34.2 Å². The third-order valence-electron chi connectivity index (χ3n) is 4.39. The van der Waals surface area contributed by atoms with E-state index in [0.717, 1.165) is 42.6 Å². The molecule has 0 unspecified atom stereocenters. The number of hydrogen-bond donors (Lipinski definition) is 1. The minimum atomic E-state index is -0.287. The molecule has 1 amide bonds. The Morgan fingerprint density at radius 2 is 1.96 bits per heavy atom.